The van der Waals surface area contributed by atoms with Gasteiger partial charge in [0.1, 0.15) is 12.4 Å². The van der Waals surface area contributed by atoms with Gasteiger partial charge in [0.15, 0.2) is 0 Å². The third-order valence-electron chi connectivity index (χ3n) is 6.42. The van der Waals surface area contributed by atoms with Crippen LogP contribution in [0.3, 0.4) is 0 Å². The van der Waals surface area contributed by atoms with Crippen LogP contribution in [0.25, 0.3) is 17.2 Å². The van der Waals surface area contributed by atoms with Crippen molar-refractivity contribution in [3.05, 3.63) is 90.0 Å². The van der Waals surface area contributed by atoms with Gasteiger partial charge in [0, 0.05) is 6.08 Å². The number of carbonyl (C=O) groups is 1. The summed E-state index contributed by atoms with van der Waals surface area (Å²) in [6, 6.07) is 23.9. The van der Waals surface area contributed by atoms with E-state index < -0.39 is 24.2 Å². The monoisotopic (exact) mass is 455 g/mol. The van der Waals surface area contributed by atoms with E-state index in [-0.39, 0.29) is 0 Å². The van der Waals surface area contributed by atoms with Crippen molar-refractivity contribution >= 4 is 24.6 Å². The Kier molecular flexibility index (Phi) is 6.64. The van der Waals surface area contributed by atoms with Crippen molar-refractivity contribution < 1.29 is 18.8 Å². The molecule has 3 aromatic rings. The highest BCUT2D eigenvalue weighted by atomic mass is 16.7. The third kappa shape index (κ3) is 5.24. The van der Waals surface area contributed by atoms with Gasteiger partial charge in [-0.2, -0.15) is 0 Å². The normalized spacial score (nSPS) is 16.6. The van der Waals surface area contributed by atoms with Crippen LogP contribution in [-0.4, -0.2) is 24.2 Å². The van der Waals surface area contributed by atoms with Gasteiger partial charge in [-0.05, 0) is 73.6 Å². The van der Waals surface area contributed by atoms with Gasteiger partial charge in [-0.3, -0.25) is 4.79 Å². The molecule has 5 nitrogen and oxygen atoms in total. The number of rotatable bonds is 7. The summed E-state index contributed by atoms with van der Waals surface area (Å²) in [5.74, 6) is 0.258. The minimum atomic E-state index is -0.507. The molecule has 1 aliphatic heterocycles. The molecular formula is C28H30BNO4. The van der Waals surface area contributed by atoms with Crippen LogP contribution in [0, 0.1) is 0 Å². The molecule has 2 N–H and O–H groups in total. The first kappa shape index (κ1) is 23.8. The molecule has 1 saturated heterocycles. The fraction of sp³-hybridized carbons (Fsp3) is 0.250. The zero-order chi connectivity index (χ0) is 24.3. The van der Waals surface area contributed by atoms with Crippen LogP contribution in [-0.2, 0) is 20.7 Å². The van der Waals surface area contributed by atoms with Crippen LogP contribution in [0.2, 0.25) is 0 Å². The van der Waals surface area contributed by atoms with Crippen molar-refractivity contribution in [2.45, 2.75) is 45.5 Å². The van der Waals surface area contributed by atoms with E-state index in [0.717, 1.165) is 33.5 Å². The Morgan fingerprint density at radius 2 is 1.65 bits per heavy atom. The first-order chi connectivity index (χ1) is 16.1. The maximum Gasteiger partial charge on any atom is 0.494 e. The summed E-state index contributed by atoms with van der Waals surface area (Å²) >= 11 is 0. The number of nitrogens with two attached hydrogens (primary N) is 1. The molecule has 174 valence electrons. The second kappa shape index (κ2) is 9.49. The van der Waals surface area contributed by atoms with E-state index in [1.54, 1.807) is 6.08 Å². The molecule has 4 rings (SSSR count). The lowest BCUT2D eigenvalue weighted by molar-refractivity contribution is -0.113. The number of carbonyl (C=O) groups excluding carboxylic acids is 1. The number of benzene rings is 3. The second-order valence-corrected chi connectivity index (χ2v) is 9.47. The van der Waals surface area contributed by atoms with Gasteiger partial charge in [0.25, 0.3) is 0 Å². The van der Waals surface area contributed by atoms with E-state index in [0.29, 0.717) is 6.61 Å². The summed E-state index contributed by atoms with van der Waals surface area (Å²) in [4.78, 5) is 11.5. The van der Waals surface area contributed by atoms with Crippen LogP contribution in [0.15, 0.2) is 78.9 Å². The van der Waals surface area contributed by atoms with Crippen molar-refractivity contribution in [2.75, 3.05) is 0 Å². The summed E-state index contributed by atoms with van der Waals surface area (Å²) in [6.45, 7) is 8.58. The number of amides is 1. The van der Waals surface area contributed by atoms with Crippen LogP contribution in [0.4, 0.5) is 0 Å². The maximum atomic E-state index is 11.5. The Morgan fingerprint density at radius 3 is 2.32 bits per heavy atom. The summed E-state index contributed by atoms with van der Waals surface area (Å²) in [7, 11) is -0.500. The summed E-state index contributed by atoms with van der Waals surface area (Å²) in [5.41, 5.74) is 9.24. The predicted octanol–water partition coefficient (Wildman–Crippen LogP) is 4.73. The van der Waals surface area contributed by atoms with Crippen molar-refractivity contribution in [3.63, 3.8) is 0 Å². The molecule has 1 amide bonds. The van der Waals surface area contributed by atoms with E-state index in [2.05, 4.69) is 0 Å². The number of hydrogen-bond acceptors (Lipinski definition) is 4. The Hall–Kier alpha value is -3.35. The minimum absolute atomic E-state index is 0.440. The Morgan fingerprint density at radius 1 is 0.941 bits per heavy atom. The maximum absolute atomic E-state index is 11.5. The molecule has 0 spiro atoms. The Bertz CT molecular complexity index is 1190. The van der Waals surface area contributed by atoms with E-state index >= 15 is 0 Å². The van der Waals surface area contributed by atoms with Crippen LogP contribution in [0.5, 0.6) is 5.75 Å². The van der Waals surface area contributed by atoms with Gasteiger partial charge in [-0.25, -0.2) is 0 Å². The van der Waals surface area contributed by atoms with Gasteiger partial charge in [-0.1, -0.05) is 60.7 Å². The molecule has 1 heterocycles. The van der Waals surface area contributed by atoms with E-state index in [9.17, 15) is 4.79 Å². The fourth-order valence-corrected chi connectivity index (χ4v) is 3.77. The van der Waals surface area contributed by atoms with Crippen molar-refractivity contribution in [3.8, 4) is 16.9 Å². The van der Waals surface area contributed by atoms with Gasteiger partial charge in [-0.15, -0.1) is 0 Å². The Labute approximate surface area is 201 Å². The molecule has 34 heavy (non-hydrogen) atoms. The first-order valence-electron chi connectivity index (χ1n) is 11.4. The predicted molar refractivity (Wildman–Crippen MR) is 137 cm³/mol. The van der Waals surface area contributed by atoms with Gasteiger partial charge >= 0.3 is 7.12 Å². The van der Waals surface area contributed by atoms with Gasteiger partial charge < -0.3 is 19.8 Å². The molecule has 0 radical (unpaired) electrons. The molecule has 0 atom stereocenters. The highest BCUT2D eigenvalue weighted by molar-refractivity contribution is 6.62. The van der Waals surface area contributed by atoms with E-state index in [4.69, 9.17) is 19.8 Å². The van der Waals surface area contributed by atoms with E-state index in [1.807, 2.05) is 100 Å². The SMILES string of the molecule is CC1(C)OB(c2ccc(-c3cccc(OCc4ccccc4)c3)c(/C=C/C(N)=O)c2)OC1(C)C. The van der Waals surface area contributed by atoms with Gasteiger partial charge in [0.05, 0.1) is 11.2 Å². The lowest BCUT2D eigenvalue weighted by atomic mass is 9.77. The molecule has 1 aliphatic rings. The third-order valence-corrected chi connectivity index (χ3v) is 6.42. The highest BCUT2D eigenvalue weighted by Crippen LogP contribution is 2.37. The molecular weight excluding hydrogens is 425 g/mol. The fourth-order valence-electron chi connectivity index (χ4n) is 3.77. The standard InChI is InChI=1S/C28H30BNO4/c1-27(2)28(3,4)34-29(33-27)23-14-15-25(22(17-23)13-16-26(30)31)21-11-8-12-24(18-21)32-19-20-9-6-5-7-10-20/h5-18H,19H2,1-4H3,(H2,30,31)/b16-13+. The zero-order valence-electron chi connectivity index (χ0n) is 20.1. The molecule has 1 fully saturated rings. The average Bonchev–Trinajstić information content (AvgIpc) is 3.04. The number of primary amides is 1. The van der Waals surface area contributed by atoms with E-state index in [1.165, 1.54) is 6.08 Å². The molecule has 0 aromatic heterocycles. The quantitative estimate of drug-likeness (QED) is 0.413. The number of ether oxygens (including phenoxy) is 1. The summed E-state index contributed by atoms with van der Waals surface area (Å²) in [5, 5.41) is 0. The molecule has 3 aromatic carbocycles. The summed E-state index contributed by atoms with van der Waals surface area (Å²) in [6.07, 6.45) is 3.09. The van der Waals surface area contributed by atoms with Crippen LogP contribution >= 0.6 is 0 Å². The van der Waals surface area contributed by atoms with Crippen molar-refractivity contribution in [1.82, 2.24) is 0 Å². The van der Waals surface area contributed by atoms with Crippen LogP contribution < -0.4 is 15.9 Å². The highest BCUT2D eigenvalue weighted by Gasteiger charge is 2.51. The lowest BCUT2D eigenvalue weighted by Gasteiger charge is -2.32. The largest absolute Gasteiger partial charge is 0.494 e. The molecule has 0 bridgehead atoms. The van der Waals surface area contributed by atoms with Crippen molar-refractivity contribution in [2.24, 2.45) is 5.73 Å². The smallest absolute Gasteiger partial charge is 0.489 e. The second-order valence-electron chi connectivity index (χ2n) is 9.47. The Balaban J connectivity index is 1.64. The molecule has 0 aliphatic carbocycles. The van der Waals surface area contributed by atoms with Crippen molar-refractivity contribution in [1.29, 1.82) is 0 Å². The average molecular weight is 455 g/mol. The topological polar surface area (TPSA) is 70.8 Å². The zero-order valence-corrected chi connectivity index (χ0v) is 20.1. The molecule has 0 unspecified atom stereocenters. The number of hydrogen-bond donors (Lipinski definition) is 1. The molecule has 6 heteroatoms. The molecule has 0 saturated carbocycles. The summed E-state index contributed by atoms with van der Waals surface area (Å²) < 4.78 is 18.4. The van der Waals surface area contributed by atoms with Crippen LogP contribution in [0.1, 0.15) is 38.8 Å². The van der Waals surface area contributed by atoms with Gasteiger partial charge in [0.2, 0.25) is 5.91 Å². The minimum Gasteiger partial charge on any atom is -0.489 e. The lowest BCUT2D eigenvalue weighted by Crippen LogP contribution is -2.41. The first-order valence-corrected chi connectivity index (χ1v) is 11.4.